The van der Waals surface area contributed by atoms with E-state index in [1.54, 1.807) is 27.8 Å². The number of nitrogens with zero attached hydrogens (tertiary/aromatic N) is 4. The van der Waals surface area contributed by atoms with Gasteiger partial charge in [0.15, 0.2) is 6.73 Å². The van der Waals surface area contributed by atoms with Crippen LogP contribution in [-0.4, -0.2) is 32.0 Å². The molecule has 0 fully saturated rings. The number of halogens is 1. The first kappa shape index (κ1) is 19.9. The Hall–Kier alpha value is -3.39. The molecule has 30 heavy (non-hydrogen) atoms. The molecule has 0 atom stereocenters. The third-order valence-corrected chi connectivity index (χ3v) is 4.84. The fourth-order valence-electron chi connectivity index (χ4n) is 2.90. The zero-order valence-electron chi connectivity index (χ0n) is 16.1. The van der Waals surface area contributed by atoms with Crippen LogP contribution < -0.4 is 10.1 Å². The van der Waals surface area contributed by atoms with Crippen LogP contribution in [0.4, 0.5) is 0 Å². The minimum absolute atomic E-state index is 0.222. The molecule has 0 bridgehead atoms. The molecule has 1 amide bonds. The van der Waals surface area contributed by atoms with Crippen molar-refractivity contribution in [1.82, 2.24) is 24.9 Å². The number of benzene rings is 2. The average molecular weight is 466 g/mol. The topological polar surface area (TPSA) is 74.0 Å². The number of ether oxygens (including phenoxy) is 1. The van der Waals surface area contributed by atoms with Gasteiger partial charge in [-0.1, -0.05) is 42.5 Å². The zero-order valence-corrected chi connectivity index (χ0v) is 17.7. The summed E-state index contributed by atoms with van der Waals surface area (Å²) in [5.41, 5.74) is 2.63. The Morgan fingerprint density at radius 2 is 1.77 bits per heavy atom. The monoisotopic (exact) mass is 465 g/mol. The lowest BCUT2D eigenvalue weighted by atomic mass is 10.1. The van der Waals surface area contributed by atoms with Gasteiger partial charge in [-0.3, -0.25) is 9.48 Å². The summed E-state index contributed by atoms with van der Waals surface area (Å²) in [5.74, 6) is 0.508. The van der Waals surface area contributed by atoms with E-state index in [4.69, 9.17) is 4.74 Å². The quantitative estimate of drug-likeness (QED) is 0.427. The van der Waals surface area contributed by atoms with Crippen molar-refractivity contribution in [3.05, 3.63) is 89.4 Å². The molecule has 2 aromatic carbocycles. The molecule has 4 aromatic rings. The normalized spacial score (nSPS) is 10.7. The van der Waals surface area contributed by atoms with Crippen molar-refractivity contribution >= 4 is 21.8 Å². The van der Waals surface area contributed by atoms with E-state index in [1.165, 1.54) is 0 Å². The van der Waals surface area contributed by atoms with Gasteiger partial charge < -0.3 is 10.1 Å². The van der Waals surface area contributed by atoms with Crippen LogP contribution in [0.2, 0.25) is 0 Å². The van der Waals surface area contributed by atoms with Crippen molar-refractivity contribution in [1.29, 1.82) is 0 Å². The predicted octanol–water partition coefficient (Wildman–Crippen LogP) is 3.98. The number of carbonyl (C=O) groups is 1. The minimum Gasteiger partial charge on any atom is -0.471 e. The van der Waals surface area contributed by atoms with Gasteiger partial charge in [-0.2, -0.15) is 10.2 Å². The van der Waals surface area contributed by atoms with Gasteiger partial charge in [-0.25, -0.2) is 4.68 Å². The molecular weight excluding hydrogens is 446 g/mol. The number of aromatic nitrogens is 4. The van der Waals surface area contributed by atoms with Gasteiger partial charge in [0, 0.05) is 18.9 Å². The van der Waals surface area contributed by atoms with E-state index in [0.717, 1.165) is 21.3 Å². The summed E-state index contributed by atoms with van der Waals surface area (Å²) in [7, 11) is 0. The summed E-state index contributed by atoms with van der Waals surface area (Å²) in [6, 6.07) is 19.7. The molecule has 8 heteroatoms. The molecule has 0 saturated carbocycles. The van der Waals surface area contributed by atoms with Crippen molar-refractivity contribution in [2.75, 3.05) is 6.54 Å². The lowest BCUT2D eigenvalue weighted by Gasteiger charge is -2.08. The Morgan fingerprint density at radius 3 is 2.50 bits per heavy atom. The van der Waals surface area contributed by atoms with Crippen LogP contribution in [0, 0.1) is 0 Å². The van der Waals surface area contributed by atoms with Crippen molar-refractivity contribution in [3.63, 3.8) is 0 Å². The van der Waals surface area contributed by atoms with E-state index in [-0.39, 0.29) is 12.6 Å². The van der Waals surface area contributed by atoms with Gasteiger partial charge in [-0.05, 0) is 45.3 Å². The third-order valence-electron chi connectivity index (χ3n) is 4.43. The van der Waals surface area contributed by atoms with Crippen LogP contribution in [0.25, 0.3) is 11.1 Å². The molecule has 2 aromatic heterocycles. The molecule has 0 unspecified atom stereocenters. The van der Waals surface area contributed by atoms with Crippen LogP contribution >= 0.6 is 15.9 Å². The van der Waals surface area contributed by atoms with Crippen molar-refractivity contribution < 1.29 is 9.53 Å². The molecule has 0 spiro atoms. The fourth-order valence-corrected chi connectivity index (χ4v) is 3.23. The molecule has 2 heterocycles. The number of hydrogen-bond acceptors (Lipinski definition) is 4. The average Bonchev–Trinajstić information content (AvgIpc) is 3.42. The molecule has 0 aliphatic carbocycles. The maximum Gasteiger partial charge on any atom is 0.271 e. The minimum atomic E-state index is -0.229. The zero-order chi connectivity index (χ0) is 20.8. The van der Waals surface area contributed by atoms with Crippen LogP contribution in [0.3, 0.4) is 0 Å². The van der Waals surface area contributed by atoms with Crippen LogP contribution in [0.5, 0.6) is 5.75 Å². The van der Waals surface area contributed by atoms with Gasteiger partial charge in [0.25, 0.3) is 5.91 Å². The van der Waals surface area contributed by atoms with E-state index in [2.05, 4.69) is 43.6 Å². The van der Waals surface area contributed by atoms with Gasteiger partial charge in [-0.15, -0.1) is 0 Å². The van der Waals surface area contributed by atoms with Crippen LogP contribution in [0.15, 0.2) is 83.7 Å². The van der Waals surface area contributed by atoms with E-state index >= 15 is 0 Å². The highest BCUT2D eigenvalue weighted by molar-refractivity contribution is 9.10. The second-order valence-electron chi connectivity index (χ2n) is 6.58. The highest BCUT2D eigenvalue weighted by atomic mass is 79.9. The number of rotatable bonds is 8. The summed E-state index contributed by atoms with van der Waals surface area (Å²) in [6.07, 6.45) is 5.28. The second kappa shape index (κ2) is 9.41. The number of nitrogens with one attached hydrogen (secondary N) is 1. The first-order valence-corrected chi connectivity index (χ1v) is 10.2. The van der Waals surface area contributed by atoms with E-state index in [9.17, 15) is 4.79 Å². The smallest absolute Gasteiger partial charge is 0.271 e. The van der Waals surface area contributed by atoms with Gasteiger partial charge in [0.2, 0.25) is 0 Å². The molecule has 4 rings (SSSR count). The molecule has 7 nitrogen and oxygen atoms in total. The van der Waals surface area contributed by atoms with Crippen molar-refractivity contribution in [3.8, 4) is 16.9 Å². The Kier molecular flexibility index (Phi) is 6.24. The number of amides is 1. The molecule has 0 radical (unpaired) electrons. The Bertz CT molecular complexity index is 1110. The SMILES string of the molecule is O=C(NCCn1cc(Br)cn1)c1ccn(COc2ccc(-c3ccccc3)cc2)n1. The molecule has 0 aliphatic rings. The molecule has 1 N–H and O–H groups in total. The van der Waals surface area contributed by atoms with E-state index in [1.807, 2.05) is 48.7 Å². The van der Waals surface area contributed by atoms with Crippen molar-refractivity contribution in [2.45, 2.75) is 13.3 Å². The van der Waals surface area contributed by atoms with Crippen molar-refractivity contribution in [2.24, 2.45) is 0 Å². The van der Waals surface area contributed by atoms with Gasteiger partial charge >= 0.3 is 0 Å². The van der Waals surface area contributed by atoms with E-state index in [0.29, 0.717) is 18.8 Å². The third kappa shape index (κ3) is 5.15. The largest absolute Gasteiger partial charge is 0.471 e. The standard InChI is InChI=1S/C22H20BrN5O2/c23-19-14-25-27(15-19)13-11-24-22(29)21-10-12-28(26-21)16-30-20-8-6-18(7-9-20)17-4-2-1-3-5-17/h1-10,12,14-15H,11,13,16H2,(H,24,29). The Morgan fingerprint density at radius 1 is 1.00 bits per heavy atom. The van der Waals surface area contributed by atoms with Crippen LogP contribution in [-0.2, 0) is 13.3 Å². The summed E-state index contributed by atoms with van der Waals surface area (Å²) < 4.78 is 10.0. The maximum atomic E-state index is 12.2. The first-order chi connectivity index (χ1) is 14.7. The highest BCUT2D eigenvalue weighted by Gasteiger charge is 2.09. The second-order valence-corrected chi connectivity index (χ2v) is 7.50. The number of carbonyl (C=O) groups excluding carboxylic acids is 1. The Labute approximate surface area is 182 Å². The molecule has 0 aliphatic heterocycles. The summed E-state index contributed by atoms with van der Waals surface area (Å²) in [6.45, 7) is 1.27. The summed E-state index contributed by atoms with van der Waals surface area (Å²) >= 11 is 3.34. The predicted molar refractivity (Wildman–Crippen MR) is 117 cm³/mol. The van der Waals surface area contributed by atoms with Crippen LogP contribution in [0.1, 0.15) is 10.5 Å². The summed E-state index contributed by atoms with van der Waals surface area (Å²) in [5, 5.41) is 11.3. The van der Waals surface area contributed by atoms with Gasteiger partial charge in [0.05, 0.1) is 17.2 Å². The van der Waals surface area contributed by atoms with Gasteiger partial charge in [0.1, 0.15) is 11.4 Å². The molecule has 152 valence electrons. The summed E-state index contributed by atoms with van der Waals surface area (Å²) in [4.78, 5) is 12.2. The Balaban J connectivity index is 1.26. The fraction of sp³-hybridized carbons (Fsp3) is 0.136. The maximum absolute atomic E-state index is 12.2. The molecular formula is C22H20BrN5O2. The first-order valence-electron chi connectivity index (χ1n) is 9.45. The molecule has 0 saturated heterocycles. The lowest BCUT2D eigenvalue weighted by Crippen LogP contribution is -2.27. The lowest BCUT2D eigenvalue weighted by molar-refractivity contribution is 0.0945. The number of hydrogen-bond donors (Lipinski definition) is 1. The highest BCUT2D eigenvalue weighted by Crippen LogP contribution is 2.22. The van der Waals surface area contributed by atoms with E-state index < -0.39 is 0 Å².